The second-order valence-electron chi connectivity index (χ2n) is 9.26. The molecule has 5 rings (SSSR count). The molecule has 1 saturated heterocycles. The minimum Gasteiger partial charge on any atom is -0.444 e. The first-order chi connectivity index (χ1) is 16.4. The van der Waals surface area contributed by atoms with Crippen molar-refractivity contribution in [1.29, 1.82) is 0 Å². The third kappa shape index (κ3) is 4.86. The van der Waals surface area contributed by atoms with Crippen LogP contribution in [0.2, 0.25) is 0 Å². The van der Waals surface area contributed by atoms with Gasteiger partial charge in [-0.15, -0.1) is 16.4 Å². The number of aromatic nitrogens is 5. The molecule has 1 aromatic carbocycles. The van der Waals surface area contributed by atoms with Gasteiger partial charge in [0.15, 0.2) is 0 Å². The Labute approximate surface area is 201 Å². The van der Waals surface area contributed by atoms with Crippen molar-refractivity contribution < 1.29 is 14.1 Å². The van der Waals surface area contributed by atoms with Gasteiger partial charge in [-0.3, -0.25) is 4.90 Å². The highest BCUT2D eigenvalue weighted by atomic mass is 32.1. The standard InChI is InChI=1S/C24H26N6O3S/c1-24(2,3)32-23(31)30-12-4-6-19(30)22-25-21(27-33-22)17-10-8-16(9-11-17)14-29-15-18(26-28-29)20-7-5-13-34-20/h5,7-11,13,15,19H,4,6,12,14H2,1-3H3/t19-/m0/s1. The number of ether oxygens (including phenoxy) is 1. The molecule has 1 fully saturated rings. The molecule has 0 aliphatic carbocycles. The molecule has 176 valence electrons. The zero-order valence-electron chi connectivity index (χ0n) is 19.3. The molecule has 10 heteroatoms. The van der Waals surface area contributed by atoms with Crippen LogP contribution in [0.3, 0.4) is 0 Å². The van der Waals surface area contributed by atoms with Crippen molar-refractivity contribution in [3.8, 4) is 22.0 Å². The van der Waals surface area contributed by atoms with Gasteiger partial charge in [-0.1, -0.05) is 40.7 Å². The van der Waals surface area contributed by atoms with Crippen LogP contribution >= 0.6 is 11.3 Å². The van der Waals surface area contributed by atoms with Crippen molar-refractivity contribution in [2.24, 2.45) is 0 Å². The number of carbonyl (C=O) groups is 1. The van der Waals surface area contributed by atoms with E-state index in [0.29, 0.717) is 24.8 Å². The van der Waals surface area contributed by atoms with Gasteiger partial charge in [0.25, 0.3) is 0 Å². The Hall–Kier alpha value is -3.53. The maximum Gasteiger partial charge on any atom is 0.410 e. The summed E-state index contributed by atoms with van der Waals surface area (Å²) >= 11 is 1.64. The first kappa shape index (κ1) is 22.3. The van der Waals surface area contributed by atoms with E-state index in [1.54, 1.807) is 16.2 Å². The Morgan fingerprint density at radius 1 is 1.24 bits per heavy atom. The van der Waals surface area contributed by atoms with Gasteiger partial charge < -0.3 is 9.26 Å². The fourth-order valence-corrected chi connectivity index (χ4v) is 4.58. The molecule has 0 bridgehead atoms. The lowest BCUT2D eigenvalue weighted by molar-refractivity contribution is 0.0199. The first-order valence-electron chi connectivity index (χ1n) is 11.2. The normalized spacial score (nSPS) is 16.2. The molecule has 1 amide bonds. The third-order valence-electron chi connectivity index (χ3n) is 5.48. The molecule has 1 aliphatic heterocycles. The minimum atomic E-state index is -0.552. The summed E-state index contributed by atoms with van der Waals surface area (Å²) in [7, 11) is 0. The summed E-state index contributed by atoms with van der Waals surface area (Å²) in [5.74, 6) is 0.935. The number of hydrogen-bond acceptors (Lipinski definition) is 8. The van der Waals surface area contributed by atoms with Crippen molar-refractivity contribution in [2.45, 2.75) is 51.8 Å². The van der Waals surface area contributed by atoms with Gasteiger partial charge in [0.2, 0.25) is 11.7 Å². The van der Waals surface area contributed by atoms with E-state index in [1.807, 2.05) is 73.4 Å². The lowest BCUT2D eigenvalue weighted by Crippen LogP contribution is -2.36. The maximum atomic E-state index is 12.6. The highest BCUT2D eigenvalue weighted by Crippen LogP contribution is 2.33. The molecule has 0 spiro atoms. The number of benzene rings is 1. The Morgan fingerprint density at radius 2 is 2.06 bits per heavy atom. The van der Waals surface area contributed by atoms with E-state index in [2.05, 4.69) is 20.5 Å². The number of hydrogen-bond donors (Lipinski definition) is 0. The van der Waals surface area contributed by atoms with Crippen LogP contribution in [-0.2, 0) is 11.3 Å². The number of thiophene rings is 1. The fraction of sp³-hybridized carbons (Fsp3) is 0.375. The molecule has 0 saturated carbocycles. The molecule has 0 unspecified atom stereocenters. The molecule has 4 heterocycles. The summed E-state index contributed by atoms with van der Waals surface area (Å²) in [6.45, 7) is 6.80. The summed E-state index contributed by atoms with van der Waals surface area (Å²) in [5.41, 5.74) is 2.25. The molecule has 4 aromatic rings. The molecular formula is C24H26N6O3S. The minimum absolute atomic E-state index is 0.264. The maximum absolute atomic E-state index is 12.6. The smallest absolute Gasteiger partial charge is 0.410 e. The zero-order chi connectivity index (χ0) is 23.7. The van der Waals surface area contributed by atoms with Crippen LogP contribution in [0.4, 0.5) is 4.79 Å². The largest absolute Gasteiger partial charge is 0.444 e. The number of carbonyl (C=O) groups excluding carboxylic acids is 1. The quantitative estimate of drug-likeness (QED) is 0.390. The van der Waals surface area contributed by atoms with E-state index >= 15 is 0 Å². The van der Waals surface area contributed by atoms with E-state index in [0.717, 1.165) is 34.5 Å². The predicted molar refractivity (Wildman–Crippen MR) is 127 cm³/mol. The second kappa shape index (κ2) is 9.02. The number of nitrogens with zero attached hydrogens (tertiary/aromatic N) is 6. The van der Waals surface area contributed by atoms with Crippen molar-refractivity contribution in [1.82, 2.24) is 30.0 Å². The number of rotatable bonds is 5. The fourth-order valence-electron chi connectivity index (χ4n) is 3.91. The van der Waals surface area contributed by atoms with E-state index < -0.39 is 5.60 Å². The summed E-state index contributed by atoms with van der Waals surface area (Å²) in [6.07, 6.45) is 3.23. The van der Waals surface area contributed by atoms with Crippen LogP contribution in [-0.4, -0.2) is 48.3 Å². The van der Waals surface area contributed by atoms with Crippen LogP contribution in [0.1, 0.15) is 51.1 Å². The van der Waals surface area contributed by atoms with E-state index in [-0.39, 0.29) is 12.1 Å². The molecule has 0 radical (unpaired) electrons. The van der Waals surface area contributed by atoms with Crippen molar-refractivity contribution in [3.63, 3.8) is 0 Å². The van der Waals surface area contributed by atoms with Gasteiger partial charge in [-0.25, -0.2) is 9.48 Å². The SMILES string of the molecule is CC(C)(C)OC(=O)N1CCC[C@H]1c1nc(-c2ccc(Cn3cc(-c4cccs4)nn3)cc2)no1. The molecule has 3 aromatic heterocycles. The lowest BCUT2D eigenvalue weighted by atomic mass is 10.1. The van der Waals surface area contributed by atoms with E-state index in [1.165, 1.54) is 0 Å². The zero-order valence-corrected chi connectivity index (χ0v) is 20.2. The number of amides is 1. The highest BCUT2D eigenvalue weighted by molar-refractivity contribution is 7.13. The molecular weight excluding hydrogens is 452 g/mol. The summed E-state index contributed by atoms with van der Waals surface area (Å²) in [6, 6.07) is 11.7. The van der Waals surface area contributed by atoms with Gasteiger partial charge in [0, 0.05) is 12.1 Å². The van der Waals surface area contributed by atoms with E-state index in [9.17, 15) is 4.79 Å². The van der Waals surface area contributed by atoms with Crippen LogP contribution in [0.25, 0.3) is 22.0 Å². The van der Waals surface area contributed by atoms with Crippen LogP contribution in [0, 0.1) is 0 Å². The van der Waals surface area contributed by atoms with Crippen LogP contribution < -0.4 is 0 Å². The van der Waals surface area contributed by atoms with Gasteiger partial charge in [0.1, 0.15) is 17.3 Å². The molecule has 9 nitrogen and oxygen atoms in total. The highest BCUT2D eigenvalue weighted by Gasteiger charge is 2.36. The first-order valence-corrected chi connectivity index (χ1v) is 12.1. The van der Waals surface area contributed by atoms with Crippen LogP contribution in [0.15, 0.2) is 52.5 Å². The average Bonchev–Trinajstić information content (AvgIpc) is 3.60. The summed E-state index contributed by atoms with van der Waals surface area (Å²) in [5, 5.41) is 14.7. The monoisotopic (exact) mass is 478 g/mol. The predicted octanol–water partition coefficient (Wildman–Crippen LogP) is 5.18. The van der Waals surface area contributed by atoms with Crippen molar-refractivity contribution in [3.05, 3.63) is 59.4 Å². The lowest BCUT2D eigenvalue weighted by Gasteiger charge is -2.26. The van der Waals surface area contributed by atoms with Crippen molar-refractivity contribution in [2.75, 3.05) is 6.54 Å². The number of likely N-dealkylation sites (tertiary alicyclic amines) is 1. The molecule has 0 N–H and O–H groups in total. The van der Waals surface area contributed by atoms with Gasteiger partial charge >= 0.3 is 6.09 Å². The summed E-state index contributed by atoms with van der Waals surface area (Å²) in [4.78, 5) is 19.9. The Morgan fingerprint density at radius 3 is 2.79 bits per heavy atom. The molecule has 1 atom stereocenters. The molecule has 34 heavy (non-hydrogen) atoms. The van der Waals surface area contributed by atoms with Gasteiger partial charge in [-0.05, 0) is 50.6 Å². The Kier molecular flexibility index (Phi) is 5.91. The van der Waals surface area contributed by atoms with Gasteiger partial charge in [-0.2, -0.15) is 4.98 Å². The van der Waals surface area contributed by atoms with Gasteiger partial charge in [0.05, 0.1) is 17.6 Å². The average molecular weight is 479 g/mol. The topological polar surface area (TPSA) is 99.2 Å². The van der Waals surface area contributed by atoms with E-state index in [4.69, 9.17) is 9.26 Å². The Balaban J connectivity index is 1.26. The Bertz CT molecular complexity index is 1260. The third-order valence-corrected chi connectivity index (χ3v) is 6.37. The summed E-state index contributed by atoms with van der Waals surface area (Å²) < 4.78 is 12.9. The second-order valence-corrected chi connectivity index (χ2v) is 10.2. The molecule has 1 aliphatic rings. The van der Waals surface area contributed by atoms with Crippen molar-refractivity contribution >= 4 is 17.4 Å². The van der Waals surface area contributed by atoms with Crippen LogP contribution in [0.5, 0.6) is 0 Å².